The number of alkyl halides is 1. The second-order valence-electron chi connectivity index (χ2n) is 4.72. The van der Waals surface area contributed by atoms with Crippen LogP contribution in [0.2, 0.25) is 0 Å². The molecule has 0 aromatic carbocycles. The van der Waals surface area contributed by atoms with Crippen molar-refractivity contribution >= 4 is 33.2 Å². The van der Waals surface area contributed by atoms with Crippen LogP contribution < -0.4 is 0 Å². The van der Waals surface area contributed by atoms with Crippen molar-refractivity contribution in [1.82, 2.24) is 4.90 Å². The lowest BCUT2D eigenvalue weighted by Crippen LogP contribution is -2.42. The average Bonchev–Trinajstić information content (AvgIpc) is 2.90. The molecule has 1 saturated carbocycles. The molecule has 1 aromatic rings. The number of hydrogen-bond donors (Lipinski definition) is 0. The molecule has 0 N–H and O–H groups in total. The summed E-state index contributed by atoms with van der Waals surface area (Å²) in [5.41, 5.74) is 0. The molecule has 0 saturated heterocycles. The van der Waals surface area contributed by atoms with Gasteiger partial charge >= 0.3 is 0 Å². The molecule has 16 heavy (non-hydrogen) atoms. The highest BCUT2D eigenvalue weighted by Crippen LogP contribution is 2.33. The number of thiophene rings is 1. The number of halogens is 1. The van der Waals surface area contributed by atoms with E-state index in [1.807, 2.05) is 24.8 Å². The van der Waals surface area contributed by atoms with Crippen molar-refractivity contribution in [3.05, 3.63) is 22.4 Å². The van der Waals surface area contributed by atoms with E-state index in [9.17, 15) is 4.79 Å². The Morgan fingerprint density at radius 2 is 2.31 bits per heavy atom. The zero-order valence-electron chi connectivity index (χ0n) is 9.57. The lowest BCUT2D eigenvalue weighted by molar-refractivity contribution is -0.133. The summed E-state index contributed by atoms with van der Waals surface area (Å²) in [6, 6.07) is 4.59. The third kappa shape index (κ3) is 2.86. The van der Waals surface area contributed by atoms with Gasteiger partial charge in [0.25, 0.3) is 0 Å². The molecule has 1 fully saturated rings. The second-order valence-corrected chi connectivity index (χ2v) is 7.73. The van der Waals surface area contributed by atoms with Gasteiger partial charge in [0.05, 0.1) is 10.9 Å². The van der Waals surface area contributed by atoms with Crippen molar-refractivity contribution in [2.45, 2.75) is 43.6 Å². The third-order valence-corrected chi connectivity index (χ3v) is 3.86. The molecule has 2 nitrogen and oxygen atoms in total. The third-order valence-electron chi connectivity index (χ3n) is 2.66. The fraction of sp³-hybridized carbons (Fsp3) is 0.583. The van der Waals surface area contributed by atoms with E-state index < -0.39 is 4.32 Å². The predicted octanol–water partition coefficient (Wildman–Crippen LogP) is 3.41. The van der Waals surface area contributed by atoms with Crippen molar-refractivity contribution in [2.24, 2.45) is 0 Å². The minimum atomic E-state index is -0.452. The zero-order valence-corrected chi connectivity index (χ0v) is 12.0. The summed E-state index contributed by atoms with van der Waals surface area (Å²) in [5.74, 6) is 0.198. The van der Waals surface area contributed by atoms with Crippen LogP contribution in [-0.4, -0.2) is 21.2 Å². The number of rotatable bonds is 4. The van der Waals surface area contributed by atoms with Crippen LogP contribution in [0, 0.1) is 0 Å². The number of nitrogens with zero attached hydrogens (tertiary/aromatic N) is 1. The maximum absolute atomic E-state index is 12.3. The summed E-state index contributed by atoms with van der Waals surface area (Å²) in [4.78, 5) is 15.5. The number of carbonyl (C=O) groups is 1. The summed E-state index contributed by atoms with van der Waals surface area (Å²) in [6.07, 6.45) is 2.31. The molecule has 1 aromatic heterocycles. The summed E-state index contributed by atoms with van der Waals surface area (Å²) in [6.45, 7) is 4.59. The Morgan fingerprint density at radius 1 is 1.62 bits per heavy atom. The summed E-state index contributed by atoms with van der Waals surface area (Å²) >= 11 is 5.17. The van der Waals surface area contributed by atoms with Gasteiger partial charge in [0.1, 0.15) is 0 Å². The Morgan fingerprint density at radius 3 is 2.75 bits per heavy atom. The number of hydrogen-bond acceptors (Lipinski definition) is 2. The molecule has 0 radical (unpaired) electrons. The molecule has 0 spiro atoms. The maximum Gasteiger partial charge on any atom is 0.239 e. The molecule has 4 heteroatoms. The highest BCUT2D eigenvalue weighted by atomic mass is 79.9. The maximum atomic E-state index is 12.3. The smallest absolute Gasteiger partial charge is 0.239 e. The average molecular weight is 302 g/mol. The van der Waals surface area contributed by atoms with Gasteiger partial charge < -0.3 is 4.90 Å². The van der Waals surface area contributed by atoms with E-state index in [1.165, 1.54) is 4.88 Å². The van der Waals surface area contributed by atoms with E-state index in [4.69, 9.17) is 0 Å². The van der Waals surface area contributed by atoms with Crippen LogP contribution in [0.4, 0.5) is 0 Å². The molecular formula is C12H16BrNOS. The Kier molecular flexibility index (Phi) is 3.40. The van der Waals surface area contributed by atoms with Gasteiger partial charge in [0.2, 0.25) is 5.91 Å². The molecule has 0 unspecified atom stereocenters. The summed E-state index contributed by atoms with van der Waals surface area (Å²) in [5, 5.41) is 2.06. The van der Waals surface area contributed by atoms with Crippen molar-refractivity contribution in [2.75, 3.05) is 0 Å². The standard InChI is InChI=1S/C12H16BrNOS/c1-12(2,13)11(15)14(9-5-6-9)8-10-4-3-7-16-10/h3-4,7,9H,5-6,8H2,1-2H3. The van der Waals surface area contributed by atoms with Crippen molar-refractivity contribution < 1.29 is 4.79 Å². The van der Waals surface area contributed by atoms with Gasteiger partial charge in [-0.05, 0) is 38.1 Å². The van der Waals surface area contributed by atoms with E-state index in [0.29, 0.717) is 6.04 Å². The molecule has 2 rings (SSSR count). The van der Waals surface area contributed by atoms with Gasteiger partial charge in [-0.15, -0.1) is 11.3 Å². The number of carbonyl (C=O) groups excluding carboxylic acids is 1. The molecule has 0 atom stereocenters. The minimum Gasteiger partial charge on any atom is -0.333 e. The fourth-order valence-electron chi connectivity index (χ4n) is 1.66. The highest BCUT2D eigenvalue weighted by molar-refractivity contribution is 9.10. The van der Waals surface area contributed by atoms with Crippen molar-refractivity contribution in [3.63, 3.8) is 0 Å². The van der Waals surface area contributed by atoms with E-state index in [0.717, 1.165) is 19.4 Å². The SMILES string of the molecule is CC(C)(Br)C(=O)N(Cc1cccs1)C1CC1. The van der Waals surface area contributed by atoms with E-state index in [1.54, 1.807) is 11.3 Å². The van der Waals surface area contributed by atoms with Gasteiger partial charge in [0.15, 0.2) is 0 Å². The monoisotopic (exact) mass is 301 g/mol. The first-order chi connectivity index (χ1) is 7.48. The van der Waals surface area contributed by atoms with Crippen LogP contribution in [0.1, 0.15) is 31.6 Å². The quantitative estimate of drug-likeness (QED) is 0.781. The van der Waals surface area contributed by atoms with Crippen molar-refractivity contribution in [3.8, 4) is 0 Å². The molecule has 1 aliphatic rings. The van der Waals surface area contributed by atoms with Crippen LogP contribution >= 0.6 is 27.3 Å². The van der Waals surface area contributed by atoms with Gasteiger partial charge in [-0.25, -0.2) is 0 Å². The van der Waals surface area contributed by atoms with Crippen LogP contribution in [0.5, 0.6) is 0 Å². The van der Waals surface area contributed by atoms with Gasteiger partial charge in [-0.1, -0.05) is 22.0 Å². The van der Waals surface area contributed by atoms with Crippen LogP contribution in [0.15, 0.2) is 17.5 Å². The lowest BCUT2D eigenvalue weighted by atomic mass is 10.2. The predicted molar refractivity (Wildman–Crippen MR) is 70.9 cm³/mol. The lowest BCUT2D eigenvalue weighted by Gasteiger charge is -2.28. The Balaban J connectivity index is 2.09. The first-order valence-corrected chi connectivity index (χ1v) is 7.18. The first kappa shape index (κ1) is 12.1. The van der Waals surface area contributed by atoms with Gasteiger partial charge in [-0.2, -0.15) is 0 Å². The Labute approximate surface area is 109 Å². The molecule has 1 heterocycles. The van der Waals surface area contributed by atoms with E-state index >= 15 is 0 Å². The van der Waals surface area contributed by atoms with Gasteiger partial charge in [-0.3, -0.25) is 4.79 Å². The molecule has 1 amide bonds. The Bertz CT molecular complexity index is 365. The Hall–Kier alpha value is -0.350. The van der Waals surface area contributed by atoms with Crippen LogP contribution in [-0.2, 0) is 11.3 Å². The molecular weight excluding hydrogens is 286 g/mol. The molecule has 1 aliphatic carbocycles. The van der Waals surface area contributed by atoms with Gasteiger partial charge in [0, 0.05) is 10.9 Å². The van der Waals surface area contributed by atoms with Crippen LogP contribution in [0.3, 0.4) is 0 Å². The topological polar surface area (TPSA) is 20.3 Å². The summed E-state index contributed by atoms with van der Waals surface area (Å²) in [7, 11) is 0. The normalized spacial score (nSPS) is 16.2. The molecule has 88 valence electrons. The summed E-state index contributed by atoms with van der Waals surface area (Å²) < 4.78 is -0.452. The van der Waals surface area contributed by atoms with E-state index in [-0.39, 0.29) is 5.91 Å². The molecule has 0 bridgehead atoms. The highest BCUT2D eigenvalue weighted by Gasteiger charge is 2.38. The first-order valence-electron chi connectivity index (χ1n) is 5.51. The van der Waals surface area contributed by atoms with Crippen LogP contribution in [0.25, 0.3) is 0 Å². The second kappa shape index (κ2) is 4.49. The van der Waals surface area contributed by atoms with E-state index in [2.05, 4.69) is 27.4 Å². The zero-order chi connectivity index (χ0) is 11.8. The molecule has 0 aliphatic heterocycles. The largest absolute Gasteiger partial charge is 0.333 e. The fourth-order valence-corrected chi connectivity index (χ4v) is 2.60. The number of amides is 1. The minimum absolute atomic E-state index is 0.198. The van der Waals surface area contributed by atoms with Crippen molar-refractivity contribution in [1.29, 1.82) is 0 Å².